The van der Waals surface area contributed by atoms with Gasteiger partial charge >= 0.3 is 0 Å². The van der Waals surface area contributed by atoms with Crippen molar-refractivity contribution in [2.45, 2.75) is 39.9 Å². The molecule has 0 fully saturated rings. The minimum absolute atomic E-state index is 0.557. The van der Waals surface area contributed by atoms with Crippen LogP contribution in [0.1, 0.15) is 27.7 Å². The predicted octanol–water partition coefficient (Wildman–Crippen LogP) is 1.58. The summed E-state index contributed by atoms with van der Waals surface area (Å²) in [5, 5.41) is 0. The second-order valence-corrected chi connectivity index (χ2v) is 3.54. The summed E-state index contributed by atoms with van der Waals surface area (Å²) in [6.45, 7) is 13.4. The van der Waals surface area contributed by atoms with E-state index in [0.717, 1.165) is 32.2 Å². The summed E-state index contributed by atoms with van der Waals surface area (Å²) in [7, 11) is 3.65. The molecule has 13 heavy (non-hydrogen) atoms. The Morgan fingerprint density at radius 1 is 0.846 bits per heavy atom. The van der Waals surface area contributed by atoms with Gasteiger partial charge in [-0.3, -0.25) is 9.80 Å². The van der Waals surface area contributed by atoms with E-state index < -0.39 is 0 Å². The van der Waals surface area contributed by atoms with E-state index in [1.165, 1.54) is 0 Å². The summed E-state index contributed by atoms with van der Waals surface area (Å²) in [5.74, 6) is 0. The van der Waals surface area contributed by atoms with Gasteiger partial charge in [0.2, 0.25) is 0 Å². The molecule has 3 radical (unpaired) electrons. The maximum absolute atomic E-state index is 3.65. The van der Waals surface area contributed by atoms with E-state index >= 15 is 0 Å². The molecule has 0 spiro atoms. The first-order valence-corrected chi connectivity index (χ1v) is 6.08. The van der Waals surface area contributed by atoms with E-state index in [-0.39, 0.29) is 0 Å². The smallest absolute Gasteiger partial charge is 0.0591 e. The molecule has 0 amide bonds. The second kappa shape index (κ2) is 7.53. The van der Waals surface area contributed by atoms with Crippen molar-refractivity contribution in [3.8, 4) is 0 Å². The predicted molar refractivity (Wildman–Crippen MR) is 60.2 cm³/mol. The van der Waals surface area contributed by atoms with Crippen LogP contribution < -0.4 is 0 Å². The highest BCUT2D eigenvalue weighted by molar-refractivity contribution is 6.08. The first-order valence-electron chi connectivity index (χ1n) is 5.37. The molecule has 0 aromatic heterocycles. The second-order valence-electron chi connectivity index (χ2n) is 3.13. The Hall–Kier alpha value is 0.137. The first-order chi connectivity index (χ1) is 6.24. The third-order valence-corrected chi connectivity index (χ3v) is 3.02. The average molecular weight is 199 g/mol. The molecule has 0 saturated heterocycles. The summed E-state index contributed by atoms with van der Waals surface area (Å²) in [5.41, 5.74) is 0. The van der Waals surface area contributed by atoms with Crippen LogP contribution in [0.15, 0.2) is 0 Å². The zero-order valence-corrected chi connectivity index (χ0v) is 10.5. The van der Waals surface area contributed by atoms with Crippen molar-refractivity contribution >= 4 is 10.2 Å². The molecule has 0 N–H and O–H groups in total. The van der Waals surface area contributed by atoms with Crippen molar-refractivity contribution in [1.82, 2.24) is 9.80 Å². The molecule has 0 rings (SSSR count). The maximum atomic E-state index is 3.65. The highest BCUT2D eigenvalue weighted by Crippen LogP contribution is 2.08. The summed E-state index contributed by atoms with van der Waals surface area (Å²) in [6.07, 6.45) is 0.557. The van der Waals surface area contributed by atoms with Crippen molar-refractivity contribution in [2.24, 2.45) is 0 Å². The van der Waals surface area contributed by atoms with Gasteiger partial charge in [0, 0.05) is 10.2 Å². The molecular weight excluding hydrogens is 176 g/mol. The molecule has 0 unspecified atom stereocenters. The fraction of sp³-hybridized carbons (Fsp3) is 1.00. The largest absolute Gasteiger partial charge is 0.289 e. The van der Waals surface area contributed by atoms with Gasteiger partial charge in [0.15, 0.2) is 0 Å². The van der Waals surface area contributed by atoms with E-state index in [2.05, 4.69) is 47.7 Å². The van der Waals surface area contributed by atoms with E-state index in [0.29, 0.717) is 6.17 Å². The Morgan fingerprint density at radius 3 is 1.31 bits per heavy atom. The monoisotopic (exact) mass is 199 g/mol. The van der Waals surface area contributed by atoms with Gasteiger partial charge in [0.25, 0.3) is 0 Å². The zero-order valence-electron chi connectivity index (χ0n) is 9.51. The van der Waals surface area contributed by atoms with E-state index in [1.54, 1.807) is 0 Å². The number of rotatable bonds is 7. The van der Waals surface area contributed by atoms with Gasteiger partial charge in [0.05, 0.1) is 6.17 Å². The topological polar surface area (TPSA) is 6.48 Å². The fourth-order valence-corrected chi connectivity index (χ4v) is 2.30. The summed E-state index contributed by atoms with van der Waals surface area (Å²) >= 11 is 0. The number of hydrogen-bond donors (Lipinski definition) is 0. The van der Waals surface area contributed by atoms with Gasteiger partial charge in [-0.25, -0.2) is 0 Å². The molecule has 3 heteroatoms. The standard InChI is InChI=1S/C10H23N2Si/c1-5-11(6-2)10(9-13)12(7-3)8-4/h10H,5-9H2,1-4H3. The molecule has 0 aromatic carbocycles. The lowest BCUT2D eigenvalue weighted by Crippen LogP contribution is -2.47. The molecule has 0 aliphatic heterocycles. The summed E-state index contributed by atoms with van der Waals surface area (Å²) in [6, 6.07) is 1.03. The fourth-order valence-electron chi connectivity index (χ4n) is 1.78. The lowest BCUT2D eigenvalue weighted by atomic mass is 10.3. The molecule has 0 saturated carbocycles. The SMILES string of the molecule is CCN(CC)C(C[Si])N(CC)CC. The van der Waals surface area contributed by atoms with Crippen LogP contribution in [-0.4, -0.2) is 52.4 Å². The van der Waals surface area contributed by atoms with E-state index in [1.807, 2.05) is 0 Å². The third-order valence-electron chi connectivity index (χ3n) is 2.65. The van der Waals surface area contributed by atoms with Crippen LogP contribution in [0.25, 0.3) is 0 Å². The molecule has 2 nitrogen and oxygen atoms in total. The van der Waals surface area contributed by atoms with Gasteiger partial charge in [0.1, 0.15) is 0 Å². The Bertz CT molecular complexity index is 99.5. The van der Waals surface area contributed by atoms with Gasteiger partial charge in [-0.05, 0) is 32.2 Å². The van der Waals surface area contributed by atoms with Crippen LogP contribution in [0.2, 0.25) is 6.04 Å². The van der Waals surface area contributed by atoms with Crippen molar-refractivity contribution in [3.05, 3.63) is 0 Å². The average Bonchev–Trinajstić information content (AvgIpc) is 2.18. The minimum Gasteiger partial charge on any atom is -0.289 e. The van der Waals surface area contributed by atoms with Crippen LogP contribution in [0, 0.1) is 0 Å². The molecule has 0 bridgehead atoms. The molecular formula is C10H23N2Si. The highest BCUT2D eigenvalue weighted by Gasteiger charge is 2.18. The quantitative estimate of drug-likeness (QED) is 0.454. The normalized spacial score (nSPS) is 12.0. The van der Waals surface area contributed by atoms with Crippen molar-refractivity contribution in [3.63, 3.8) is 0 Å². The Kier molecular flexibility index (Phi) is 7.61. The van der Waals surface area contributed by atoms with Crippen LogP contribution in [0.5, 0.6) is 0 Å². The minimum atomic E-state index is 0.557. The van der Waals surface area contributed by atoms with Gasteiger partial charge < -0.3 is 0 Å². The molecule has 0 atom stereocenters. The molecule has 0 heterocycles. The van der Waals surface area contributed by atoms with Crippen LogP contribution in [-0.2, 0) is 0 Å². The molecule has 0 aliphatic carbocycles. The van der Waals surface area contributed by atoms with Crippen LogP contribution >= 0.6 is 0 Å². The van der Waals surface area contributed by atoms with E-state index in [9.17, 15) is 0 Å². The lowest BCUT2D eigenvalue weighted by molar-refractivity contribution is 0.0716. The molecule has 77 valence electrons. The van der Waals surface area contributed by atoms with Crippen molar-refractivity contribution < 1.29 is 0 Å². The Labute approximate surface area is 86.7 Å². The Morgan fingerprint density at radius 2 is 1.15 bits per heavy atom. The Balaban J connectivity index is 4.26. The maximum Gasteiger partial charge on any atom is 0.0591 e. The molecule has 0 aromatic rings. The number of nitrogens with zero attached hydrogens (tertiary/aromatic N) is 2. The van der Waals surface area contributed by atoms with Crippen LogP contribution in [0.4, 0.5) is 0 Å². The lowest BCUT2D eigenvalue weighted by Gasteiger charge is -2.37. The third kappa shape index (κ3) is 3.79. The summed E-state index contributed by atoms with van der Waals surface area (Å²) in [4.78, 5) is 4.97. The van der Waals surface area contributed by atoms with Gasteiger partial charge in [-0.2, -0.15) is 0 Å². The zero-order chi connectivity index (χ0) is 10.3. The summed E-state index contributed by atoms with van der Waals surface area (Å²) < 4.78 is 0. The van der Waals surface area contributed by atoms with Crippen molar-refractivity contribution in [2.75, 3.05) is 26.2 Å². The van der Waals surface area contributed by atoms with E-state index in [4.69, 9.17) is 0 Å². The van der Waals surface area contributed by atoms with Gasteiger partial charge in [-0.15, -0.1) is 0 Å². The van der Waals surface area contributed by atoms with Crippen LogP contribution in [0.3, 0.4) is 0 Å². The highest BCUT2D eigenvalue weighted by atomic mass is 28.1. The molecule has 0 aliphatic rings. The van der Waals surface area contributed by atoms with Gasteiger partial charge in [-0.1, -0.05) is 27.7 Å². The number of hydrogen-bond acceptors (Lipinski definition) is 2. The first kappa shape index (κ1) is 13.1. The van der Waals surface area contributed by atoms with Crippen molar-refractivity contribution in [1.29, 1.82) is 0 Å².